The van der Waals surface area contributed by atoms with Gasteiger partial charge in [-0.3, -0.25) is 4.79 Å². The van der Waals surface area contributed by atoms with Gasteiger partial charge in [0.2, 0.25) is 0 Å². The van der Waals surface area contributed by atoms with Crippen LogP contribution in [0.3, 0.4) is 0 Å². The van der Waals surface area contributed by atoms with Gasteiger partial charge < -0.3 is 4.74 Å². The number of carbonyl (C=O) groups is 1. The van der Waals surface area contributed by atoms with Crippen molar-refractivity contribution in [2.45, 2.75) is 13.3 Å². The van der Waals surface area contributed by atoms with Gasteiger partial charge in [0.15, 0.2) is 5.78 Å². The molecular formula is C16H15ClO2. The standard InChI is InChI=1S/C16H15ClO2/c1-11-6-13(10-14(17)7-11)16(18)9-12-4-3-5-15(8-12)19-2/h3-8,10H,9H2,1-2H3. The molecule has 0 spiro atoms. The minimum atomic E-state index is 0.0545. The van der Waals surface area contributed by atoms with Crippen LogP contribution >= 0.6 is 11.6 Å². The fraction of sp³-hybridized carbons (Fsp3) is 0.188. The number of halogens is 1. The summed E-state index contributed by atoms with van der Waals surface area (Å²) < 4.78 is 5.15. The molecule has 0 aliphatic heterocycles. The largest absolute Gasteiger partial charge is 0.497 e. The maximum Gasteiger partial charge on any atom is 0.167 e. The Bertz CT molecular complexity index is 585. The van der Waals surface area contributed by atoms with Crippen molar-refractivity contribution in [3.05, 3.63) is 64.2 Å². The van der Waals surface area contributed by atoms with Crippen LogP contribution in [0.2, 0.25) is 5.02 Å². The maximum absolute atomic E-state index is 12.2. The zero-order valence-electron chi connectivity index (χ0n) is 10.9. The molecule has 0 bridgehead atoms. The summed E-state index contributed by atoms with van der Waals surface area (Å²) in [6.45, 7) is 1.92. The molecule has 2 aromatic rings. The van der Waals surface area contributed by atoms with Crippen LogP contribution in [0.1, 0.15) is 21.5 Å². The van der Waals surface area contributed by atoms with Crippen molar-refractivity contribution in [3.8, 4) is 5.75 Å². The third-order valence-electron chi connectivity index (χ3n) is 2.86. The highest BCUT2D eigenvalue weighted by Gasteiger charge is 2.09. The van der Waals surface area contributed by atoms with E-state index in [-0.39, 0.29) is 5.78 Å². The third kappa shape index (κ3) is 3.58. The molecule has 0 atom stereocenters. The number of Topliss-reactive ketones (excluding diaryl/α,β-unsaturated/α-hetero) is 1. The summed E-state index contributed by atoms with van der Waals surface area (Å²) in [6.07, 6.45) is 0.344. The number of ketones is 1. The SMILES string of the molecule is COc1cccc(CC(=O)c2cc(C)cc(Cl)c2)c1. The average molecular weight is 275 g/mol. The first-order valence-corrected chi connectivity index (χ1v) is 6.39. The summed E-state index contributed by atoms with van der Waals surface area (Å²) in [4.78, 5) is 12.2. The van der Waals surface area contributed by atoms with Crippen LogP contribution in [0.5, 0.6) is 5.75 Å². The van der Waals surface area contributed by atoms with Crippen molar-refractivity contribution in [2.75, 3.05) is 7.11 Å². The predicted molar refractivity (Wildman–Crippen MR) is 77.2 cm³/mol. The Kier molecular flexibility index (Phi) is 4.23. The van der Waals surface area contributed by atoms with Gasteiger partial charge in [0.25, 0.3) is 0 Å². The third-order valence-corrected chi connectivity index (χ3v) is 3.08. The summed E-state index contributed by atoms with van der Waals surface area (Å²) in [7, 11) is 1.61. The second-order valence-electron chi connectivity index (χ2n) is 4.47. The molecule has 19 heavy (non-hydrogen) atoms. The molecule has 0 N–H and O–H groups in total. The highest BCUT2D eigenvalue weighted by atomic mass is 35.5. The quantitative estimate of drug-likeness (QED) is 0.785. The van der Waals surface area contributed by atoms with Gasteiger partial charge in [-0.15, -0.1) is 0 Å². The number of aryl methyl sites for hydroxylation is 1. The molecule has 2 aromatic carbocycles. The molecule has 0 aromatic heterocycles. The van der Waals surface area contributed by atoms with Gasteiger partial charge in [-0.2, -0.15) is 0 Å². The number of hydrogen-bond acceptors (Lipinski definition) is 2. The highest BCUT2D eigenvalue weighted by Crippen LogP contribution is 2.18. The molecule has 98 valence electrons. The Labute approximate surface area is 118 Å². The molecule has 0 radical (unpaired) electrons. The van der Waals surface area contributed by atoms with Crippen molar-refractivity contribution in [2.24, 2.45) is 0 Å². The predicted octanol–water partition coefficient (Wildman–Crippen LogP) is 4.08. The molecule has 0 aliphatic carbocycles. The van der Waals surface area contributed by atoms with E-state index in [2.05, 4.69) is 0 Å². The molecule has 0 amide bonds. The smallest absolute Gasteiger partial charge is 0.167 e. The normalized spacial score (nSPS) is 10.3. The molecular weight excluding hydrogens is 260 g/mol. The average Bonchev–Trinajstić information content (AvgIpc) is 2.37. The Hall–Kier alpha value is -1.80. The summed E-state index contributed by atoms with van der Waals surface area (Å²) in [6, 6.07) is 12.9. The summed E-state index contributed by atoms with van der Waals surface area (Å²) >= 11 is 5.97. The van der Waals surface area contributed by atoms with Crippen LogP contribution in [-0.2, 0) is 6.42 Å². The fourth-order valence-electron chi connectivity index (χ4n) is 1.97. The molecule has 0 unspecified atom stereocenters. The number of hydrogen-bond donors (Lipinski definition) is 0. The van der Waals surface area contributed by atoms with Gasteiger partial charge in [-0.1, -0.05) is 23.7 Å². The first-order valence-electron chi connectivity index (χ1n) is 6.02. The van der Waals surface area contributed by atoms with Gasteiger partial charge in [-0.25, -0.2) is 0 Å². The minimum Gasteiger partial charge on any atom is -0.497 e. The van der Waals surface area contributed by atoms with E-state index in [1.807, 2.05) is 43.3 Å². The van der Waals surface area contributed by atoms with E-state index < -0.39 is 0 Å². The summed E-state index contributed by atoms with van der Waals surface area (Å²) in [5.41, 5.74) is 2.57. The van der Waals surface area contributed by atoms with Gasteiger partial charge in [0, 0.05) is 17.0 Å². The molecule has 3 heteroatoms. The van der Waals surface area contributed by atoms with E-state index in [4.69, 9.17) is 16.3 Å². The number of ether oxygens (including phenoxy) is 1. The Morgan fingerprint density at radius 3 is 2.68 bits per heavy atom. The van der Waals surface area contributed by atoms with Crippen molar-refractivity contribution in [3.63, 3.8) is 0 Å². The molecule has 2 nitrogen and oxygen atoms in total. The van der Waals surface area contributed by atoms with Gasteiger partial charge in [0.05, 0.1) is 7.11 Å². The number of rotatable bonds is 4. The maximum atomic E-state index is 12.2. The molecule has 0 saturated carbocycles. The number of methoxy groups -OCH3 is 1. The van der Waals surface area contributed by atoms with Crippen LogP contribution in [-0.4, -0.2) is 12.9 Å². The molecule has 0 fully saturated rings. The second-order valence-corrected chi connectivity index (χ2v) is 4.91. The van der Waals surface area contributed by atoms with E-state index in [9.17, 15) is 4.79 Å². The van der Waals surface area contributed by atoms with Gasteiger partial charge in [0.1, 0.15) is 5.75 Å². The van der Waals surface area contributed by atoms with E-state index >= 15 is 0 Å². The Morgan fingerprint density at radius 2 is 2.00 bits per heavy atom. The fourth-order valence-corrected chi connectivity index (χ4v) is 2.26. The van der Waals surface area contributed by atoms with E-state index in [0.717, 1.165) is 16.9 Å². The Morgan fingerprint density at radius 1 is 1.21 bits per heavy atom. The van der Waals surface area contributed by atoms with E-state index in [0.29, 0.717) is 17.0 Å². The van der Waals surface area contributed by atoms with Crippen LogP contribution in [0, 0.1) is 6.92 Å². The lowest BCUT2D eigenvalue weighted by molar-refractivity contribution is 0.0993. The molecule has 0 aliphatic rings. The van der Waals surface area contributed by atoms with Crippen LogP contribution in [0.25, 0.3) is 0 Å². The summed E-state index contributed by atoms with van der Waals surface area (Å²) in [5.74, 6) is 0.812. The van der Waals surface area contributed by atoms with Gasteiger partial charge in [-0.05, 0) is 48.4 Å². The summed E-state index contributed by atoms with van der Waals surface area (Å²) in [5, 5.41) is 0.592. The first kappa shape index (κ1) is 13.6. The van der Waals surface area contributed by atoms with Crippen LogP contribution < -0.4 is 4.74 Å². The van der Waals surface area contributed by atoms with Crippen molar-refractivity contribution >= 4 is 17.4 Å². The number of carbonyl (C=O) groups excluding carboxylic acids is 1. The molecule has 2 rings (SSSR count). The zero-order chi connectivity index (χ0) is 13.8. The Balaban J connectivity index is 2.20. The van der Waals surface area contributed by atoms with E-state index in [1.54, 1.807) is 13.2 Å². The minimum absolute atomic E-state index is 0.0545. The van der Waals surface area contributed by atoms with Crippen LogP contribution in [0.4, 0.5) is 0 Å². The van der Waals surface area contributed by atoms with Crippen molar-refractivity contribution < 1.29 is 9.53 Å². The molecule has 0 saturated heterocycles. The van der Waals surface area contributed by atoms with Crippen LogP contribution in [0.15, 0.2) is 42.5 Å². The van der Waals surface area contributed by atoms with Crippen molar-refractivity contribution in [1.29, 1.82) is 0 Å². The monoisotopic (exact) mass is 274 g/mol. The second kappa shape index (κ2) is 5.89. The lowest BCUT2D eigenvalue weighted by Crippen LogP contribution is -2.04. The van der Waals surface area contributed by atoms with Gasteiger partial charge >= 0.3 is 0 Å². The first-order chi connectivity index (χ1) is 9.08. The van der Waals surface area contributed by atoms with E-state index in [1.165, 1.54) is 0 Å². The lowest BCUT2D eigenvalue weighted by Gasteiger charge is -2.05. The van der Waals surface area contributed by atoms with Crippen molar-refractivity contribution in [1.82, 2.24) is 0 Å². The topological polar surface area (TPSA) is 26.3 Å². The highest BCUT2D eigenvalue weighted by molar-refractivity contribution is 6.31. The zero-order valence-corrected chi connectivity index (χ0v) is 11.7. The molecule has 0 heterocycles. The number of benzene rings is 2. The lowest BCUT2D eigenvalue weighted by atomic mass is 10.0.